The smallest absolute Gasteiger partial charge is 0.234 e. The summed E-state index contributed by atoms with van der Waals surface area (Å²) in [7, 11) is 0. The van der Waals surface area contributed by atoms with Crippen molar-refractivity contribution in [3.05, 3.63) is 48.0 Å². The fraction of sp³-hybridized carbons (Fsp3) is 0.389. The first kappa shape index (κ1) is 15.0. The predicted molar refractivity (Wildman–Crippen MR) is 89.8 cm³/mol. The number of nitrogens with one attached hydrogen (secondary N) is 2. The quantitative estimate of drug-likeness (QED) is 0.906. The second-order valence-corrected chi connectivity index (χ2v) is 5.88. The summed E-state index contributed by atoms with van der Waals surface area (Å²) in [5, 5.41) is 8.86. The molecule has 1 amide bonds. The molecule has 2 N–H and O–H groups in total. The summed E-state index contributed by atoms with van der Waals surface area (Å²) < 4.78 is 0. The monoisotopic (exact) mass is 297 g/mol. The molecule has 0 bridgehead atoms. The molecule has 4 heteroatoms. The molecule has 2 aromatic rings. The van der Waals surface area contributed by atoms with E-state index in [0.717, 1.165) is 26.2 Å². The van der Waals surface area contributed by atoms with Crippen LogP contribution in [0.25, 0.3) is 10.8 Å². The first-order chi connectivity index (χ1) is 10.7. The Morgan fingerprint density at radius 2 is 1.91 bits per heavy atom. The lowest BCUT2D eigenvalue weighted by Gasteiger charge is -2.27. The second-order valence-electron chi connectivity index (χ2n) is 5.88. The van der Waals surface area contributed by atoms with Gasteiger partial charge in [0, 0.05) is 26.2 Å². The van der Waals surface area contributed by atoms with E-state index in [1.807, 2.05) is 12.1 Å². The number of amides is 1. The molecule has 2 aromatic carbocycles. The van der Waals surface area contributed by atoms with Crippen molar-refractivity contribution in [2.24, 2.45) is 0 Å². The van der Waals surface area contributed by atoms with Gasteiger partial charge in [0.25, 0.3) is 0 Å². The van der Waals surface area contributed by atoms with Gasteiger partial charge < -0.3 is 10.6 Å². The Morgan fingerprint density at radius 3 is 2.73 bits per heavy atom. The van der Waals surface area contributed by atoms with Crippen LogP contribution in [0.2, 0.25) is 0 Å². The molecule has 1 aliphatic heterocycles. The number of piperazine rings is 1. The fourth-order valence-electron chi connectivity index (χ4n) is 3.07. The van der Waals surface area contributed by atoms with E-state index in [2.05, 4.69) is 52.8 Å². The fourth-order valence-corrected chi connectivity index (χ4v) is 3.07. The minimum Gasteiger partial charge on any atom is -0.348 e. The number of hydrogen-bond donors (Lipinski definition) is 2. The molecular weight excluding hydrogens is 274 g/mol. The summed E-state index contributed by atoms with van der Waals surface area (Å²) in [4.78, 5) is 14.5. The van der Waals surface area contributed by atoms with Gasteiger partial charge in [0.15, 0.2) is 0 Å². The molecule has 22 heavy (non-hydrogen) atoms. The second kappa shape index (κ2) is 6.90. The lowest BCUT2D eigenvalue weighted by molar-refractivity contribution is -0.123. The third kappa shape index (κ3) is 3.46. The van der Waals surface area contributed by atoms with Gasteiger partial charge in [0.05, 0.1) is 12.6 Å². The number of nitrogens with zero attached hydrogens (tertiary/aromatic N) is 1. The van der Waals surface area contributed by atoms with E-state index in [9.17, 15) is 4.79 Å². The summed E-state index contributed by atoms with van der Waals surface area (Å²) in [6.07, 6.45) is 0. The number of carbonyl (C=O) groups is 1. The standard InChI is InChI=1S/C18H23N3O/c1-14(20-18(22)13-21-11-9-19-10-12-21)16-8-4-6-15-5-2-3-7-17(15)16/h2-8,14,19H,9-13H2,1H3,(H,20,22). The van der Waals surface area contributed by atoms with Gasteiger partial charge in [-0.05, 0) is 23.3 Å². The van der Waals surface area contributed by atoms with Crippen LogP contribution in [0.1, 0.15) is 18.5 Å². The molecule has 1 saturated heterocycles. The predicted octanol–water partition coefficient (Wildman–Crippen LogP) is 1.92. The Kier molecular flexibility index (Phi) is 4.71. The number of hydrogen-bond acceptors (Lipinski definition) is 3. The molecule has 0 aromatic heterocycles. The van der Waals surface area contributed by atoms with Crippen LogP contribution in [0.15, 0.2) is 42.5 Å². The van der Waals surface area contributed by atoms with E-state index < -0.39 is 0 Å². The van der Waals surface area contributed by atoms with E-state index >= 15 is 0 Å². The normalized spacial score (nSPS) is 17.3. The maximum atomic E-state index is 12.3. The van der Waals surface area contributed by atoms with Crippen LogP contribution in [-0.2, 0) is 4.79 Å². The zero-order valence-electron chi connectivity index (χ0n) is 13.0. The third-order valence-corrected chi connectivity index (χ3v) is 4.24. The van der Waals surface area contributed by atoms with Crippen molar-refractivity contribution in [1.82, 2.24) is 15.5 Å². The molecule has 1 fully saturated rings. The van der Waals surface area contributed by atoms with Gasteiger partial charge in [0.1, 0.15) is 0 Å². The molecule has 0 aliphatic carbocycles. The molecule has 1 heterocycles. The molecule has 1 unspecified atom stereocenters. The average molecular weight is 297 g/mol. The number of benzene rings is 2. The van der Waals surface area contributed by atoms with Crippen LogP contribution in [0, 0.1) is 0 Å². The van der Waals surface area contributed by atoms with E-state index in [-0.39, 0.29) is 11.9 Å². The number of fused-ring (bicyclic) bond motifs is 1. The zero-order valence-corrected chi connectivity index (χ0v) is 13.0. The van der Waals surface area contributed by atoms with E-state index in [1.165, 1.54) is 16.3 Å². The van der Waals surface area contributed by atoms with Crippen molar-refractivity contribution in [2.45, 2.75) is 13.0 Å². The maximum Gasteiger partial charge on any atom is 0.234 e. The highest BCUT2D eigenvalue weighted by molar-refractivity contribution is 5.87. The van der Waals surface area contributed by atoms with Crippen LogP contribution in [0.5, 0.6) is 0 Å². The lowest BCUT2D eigenvalue weighted by atomic mass is 10.00. The van der Waals surface area contributed by atoms with Crippen LogP contribution in [-0.4, -0.2) is 43.5 Å². The first-order valence-corrected chi connectivity index (χ1v) is 7.94. The molecule has 3 rings (SSSR count). The van der Waals surface area contributed by atoms with Gasteiger partial charge in [-0.2, -0.15) is 0 Å². The molecular formula is C18H23N3O. The molecule has 0 saturated carbocycles. The molecule has 1 atom stereocenters. The third-order valence-electron chi connectivity index (χ3n) is 4.24. The Bertz CT molecular complexity index is 644. The van der Waals surface area contributed by atoms with Crippen molar-refractivity contribution in [3.8, 4) is 0 Å². The summed E-state index contributed by atoms with van der Waals surface area (Å²) in [5.74, 6) is 0.0994. The largest absolute Gasteiger partial charge is 0.348 e. The molecule has 4 nitrogen and oxygen atoms in total. The van der Waals surface area contributed by atoms with Gasteiger partial charge in [-0.3, -0.25) is 9.69 Å². The van der Waals surface area contributed by atoms with E-state index in [1.54, 1.807) is 0 Å². The highest BCUT2D eigenvalue weighted by Crippen LogP contribution is 2.23. The highest BCUT2D eigenvalue weighted by Gasteiger charge is 2.16. The summed E-state index contributed by atoms with van der Waals surface area (Å²) >= 11 is 0. The summed E-state index contributed by atoms with van der Waals surface area (Å²) in [6.45, 7) is 6.35. The maximum absolute atomic E-state index is 12.3. The molecule has 0 radical (unpaired) electrons. The van der Waals surface area contributed by atoms with Crippen LogP contribution < -0.4 is 10.6 Å². The summed E-state index contributed by atoms with van der Waals surface area (Å²) in [6, 6.07) is 14.6. The van der Waals surface area contributed by atoms with Crippen molar-refractivity contribution >= 4 is 16.7 Å². The number of carbonyl (C=O) groups excluding carboxylic acids is 1. The van der Waals surface area contributed by atoms with Gasteiger partial charge in [-0.15, -0.1) is 0 Å². The molecule has 116 valence electrons. The topological polar surface area (TPSA) is 44.4 Å². The minimum atomic E-state index is 0.0153. The highest BCUT2D eigenvalue weighted by atomic mass is 16.2. The number of rotatable bonds is 4. The lowest BCUT2D eigenvalue weighted by Crippen LogP contribution is -2.47. The average Bonchev–Trinajstić information content (AvgIpc) is 2.55. The first-order valence-electron chi connectivity index (χ1n) is 7.94. The van der Waals surface area contributed by atoms with Gasteiger partial charge in [-0.25, -0.2) is 0 Å². The van der Waals surface area contributed by atoms with Gasteiger partial charge in [0.2, 0.25) is 5.91 Å². The van der Waals surface area contributed by atoms with Gasteiger partial charge >= 0.3 is 0 Å². The molecule has 1 aliphatic rings. The Morgan fingerprint density at radius 1 is 1.18 bits per heavy atom. The van der Waals surface area contributed by atoms with Crippen molar-refractivity contribution in [1.29, 1.82) is 0 Å². The van der Waals surface area contributed by atoms with E-state index in [0.29, 0.717) is 6.54 Å². The minimum absolute atomic E-state index is 0.0153. The Hall–Kier alpha value is -1.91. The molecule has 0 spiro atoms. The van der Waals surface area contributed by atoms with Crippen molar-refractivity contribution < 1.29 is 4.79 Å². The van der Waals surface area contributed by atoms with E-state index in [4.69, 9.17) is 0 Å². The Balaban J connectivity index is 1.67. The SMILES string of the molecule is CC(NC(=O)CN1CCNCC1)c1cccc2ccccc12. The summed E-state index contributed by atoms with van der Waals surface area (Å²) in [5.41, 5.74) is 1.17. The van der Waals surface area contributed by atoms with Gasteiger partial charge in [-0.1, -0.05) is 42.5 Å². The zero-order chi connectivity index (χ0) is 15.4. The van der Waals surface area contributed by atoms with Crippen molar-refractivity contribution in [2.75, 3.05) is 32.7 Å². The van der Waals surface area contributed by atoms with Crippen molar-refractivity contribution in [3.63, 3.8) is 0 Å². The Labute approximate surface area is 131 Å². The van der Waals surface area contributed by atoms with Crippen LogP contribution >= 0.6 is 0 Å². The van der Waals surface area contributed by atoms with Crippen LogP contribution in [0.3, 0.4) is 0 Å². The van der Waals surface area contributed by atoms with Crippen LogP contribution in [0.4, 0.5) is 0 Å².